The van der Waals surface area contributed by atoms with Crippen molar-refractivity contribution < 1.29 is 33.0 Å². The molecule has 0 fully saturated rings. The minimum atomic E-state index is -4.00. The van der Waals surface area contributed by atoms with Gasteiger partial charge in [0, 0.05) is 11.8 Å². The van der Waals surface area contributed by atoms with Crippen molar-refractivity contribution in [1.82, 2.24) is 0 Å². The number of anilines is 1. The molecular weight excluding hydrogens is 362 g/mol. The minimum absolute atomic E-state index is 0.0279. The largest absolute Gasteiger partial charge is 0.495 e. The molecule has 0 aromatic heterocycles. The highest BCUT2D eigenvalue weighted by molar-refractivity contribution is 7.92. The smallest absolute Gasteiger partial charge is 0.335 e. The Labute approximate surface area is 149 Å². The van der Waals surface area contributed by atoms with Gasteiger partial charge in [0.2, 0.25) is 0 Å². The van der Waals surface area contributed by atoms with Crippen LogP contribution in [0.25, 0.3) is 6.08 Å². The molecule has 9 heteroatoms. The molecule has 0 heterocycles. The Morgan fingerprint density at radius 2 is 1.73 bits per heavy atom. The molecule has 0 spiro atoms. The van der Waals surface area contributed by atoms with E-state index in [4.69, 9.17) is 14.9 Å². The maximum Gasteiger partial charge on any atom is 0.335 e. The van der Waals surface area contributed by atoms with Crippen LogP contribution in [0.2, 0.25) is 0 Å². The van der Waals surface area contributed by atoms with E-state index in [2.05, 4.69) is 4.72 Å². The van der Waals surface area contributed by atoms with Gasteiger partial charge in [-0.2, -0.15) is 0 Å². The fraction of sp³-hybridized carbons (Fsp3) is 0.0588. The van der Waals surface area contributed by atoms with Crippen LogP contribution in [0.1, 0.15) is 15.9 Å². The molecule has 0 aliphatic heterocycles. The van der Waals surface area contributed by atoms with Gasteiger partial charge < -0.3 is 14.9 Å². The summed E-state index contributed by atoms with van der Waals surface area (Å²) >= 11 is 0. The quantitative estimate of drug-likeness (QED) is 0.631. The standard InChI is InChI=1S/C17H15NO7S/c1-25-14-10-11(3-9-16(19)20)2-8-15(14)26(23,24)18-13-6-4-12(5-7-13)17(21)22/h2-10,18H,1H3,(H,19,20)(H,21,22). The van der Waals surface area contributed by atoms with Crippen molar-refractivity contribution in [3.05, 3.63) is 59.7 Å². The first kappa shape index (κ1) is 19.0. The second-order valence-electron chi connectivity index (χ2n) is 5.07. The van der Waals surface area contributed by atoms with Crippen LogP contribution in [-0.4, -0.2) is 37.7 Å². The molecule has 0 atom stereocenters. The molecule has 0 aliphatic carbocycles. The molecule has 26 heavy (non-hydrogen) atoms. The highest BCUT2D eigenvalue weighted by Crippen LogP contribution is 2.27. The number of aromatic carboxylic acids is 1. The normalized spacial score (nSPS) is 11.3. The number of carbonyl (C=O) groups is 2. The van der Waals surface area contributed by atoms with Crippen molar-refractivity contribution in [3.63, 3.8) is 0 Å². The van der Waals surface area contributed by atoms with E-state index < -0.39 is 22.0 Å². The number of carboxylic acids is 2. The lowest BCUT2D eigenvalue weighted by Gasteiger charge is -2.12. The summed E-state index contributed by atoms with van der Waals surface area (Å²) in [6.45, 7) is 0. The Kier molecular flexibility index (Phi) is 5.63. The zero-order chi connectivity index (χ0) is 19.3. The van der Waals surface area contributed by atoms with Crippen LogP contribution in [-0.2, 0) is 14.8 Å². The molecule has 0 saturated carbocycles. The lowest BCUT2D eigenvalue weighted by Crippen LogP contribution is -2.14. The topological polar surface area (TPSA) is 130 Å². The van der Waals surface area contributed by atoms with E-state index in [1.54, 1.807) is 0 Å². The third-order valence-electron chi connectivity index (χ3n) is 3.28. The second kappa shape index (κ2) is 7.70. The molecule has 2 rings (SSSR count). The third kappa shape index (κ3) is 4.61. The van der Waals surface area contributed by atoms with E-state index in [1.807, 2.05) is 0 Å². The van der Waals surface area contributed by atoms with Gasteiger partial charge >= 0.3 is 11.9 Å². The fourth-order valence-corrected chi connectivity index (χ4v) is 3.28. The van der Waals surface area contributed by atoms with Crippen molar-refractivity contribution in [1.29, 1.82) is 0 Å². The number of nitrogens with one attached hydrogen (secondary N) is 1. The van der Waals surface area contributed by atoms with Gasteiger partial charge in [-0.05, 0) is 48.0 Å². The van der Waals surface area contributed by atoms with Gasteiger partial charge in [0.05, 0.1) is 12.7 Å². The predicted octanol–water partition coefficient (Wildman–Crippen LogP) is 2.29. The number of hydrogen-bond donors (Lipinski definition) is 3. The third-order valence-corrected chi connectivity index (χ3v) is 4.70. The van der Waals surface area contributed by atoms with Crippen molar-refractivity contribution in [2.24, 2.45) is 0 Å². The van der Waals surface area contributed by atoms with Crippen molar-refractivity contribution >= 4 is 33.7 Å². The molecule has 8 nitrogen and oxygen atoms in total. The molecule has 136 valence electrons. The summed E-state index contributed by atoms with van der Waals surface area (Å²) < 4.78 is 32.5. The fourth-order valence-electron chi connectivity index (χ4n) is 2.07. The first-order chi connectivity index (χ1) is 12.2. The average molecular weight is 377 g/mol. The van der Waals surface area contributed by atoms with E-state index in [-0.39, 0.29) is 21.9 Å². The zero-order valence-electron chi connectivity index (χ0n) is 13.5. The Morgan fingerprint density at radius 1 is 1.08 bits per heavy atom. The number of benzene rings is 2. The number of rotatable bonds is 7. The molecule has 2 aromatic rings. The Morgan fingerprint density at radius 3 is 2.27 bits per heavy atom. The van der Waals surface area contributed by atoms with Crippen LogP contribution in [0, 0.1) is 0 Å². The Balaban J connectivity index is 2.32. The summed E-state index contributed by atoms with van der Waals surface area (Å²) in [4.78, 5) is 21.3. The molecule has 0 bridgehead atoms. The Bertz CT molecular complexity index is 963. The van der Waals surface area contributed by atoms with Crippen molar-refractivity contribution in [2.75, 3.05) is 11.8 Å². The van der Waals surface area contributed by atoms with Crippen LogP contribution in [0.3, 0.4) is 0 Å². The van der Waals surface area contributed by atoms with E-state index in [9.17, 15) is 18.0 Å². The SMILES string of the molecule is COc1cc(C=CC(=O)O)ccc1S(=O)(=O)Nc1ccc(C(=O)O)cc1. The predicted molar refractivity (Wildman–Crippen MR) is 93.9 cm³/mol. The lowest BCUT2D eigenvalue weighted by molar-refractivity contribution is -0.131. The summed E-state index contributed by atoms with van der Waals surface area (Å²) in [6.07, 6.45) is 2.23. The summed E-state index contributed by atoms with van der Waals surface area (Å²) in [5.74, 6) is -2.22. The second-order valence-corrected chi connectivity index (χ2v) is 6.72. The molecule has 0 aliphatic rings. The average Bonchev–Trinajstić information content (AvgIpc) is 2.59. The molecule has 0 unspecified atom stereocenters. The van der Waals surface area contributed by atoms with Crippen LogP contribution in [0.15, 0.2) is 53.4 Å². The van der Waals surface area contributed by atoms with Gasteiger partial charge in [-0.25, -0.2) is 18.0 Å². The number of sulfonamides is 1. The maximum atomic E-state index is 12.6. The van der Waals surface area contributed by atoms with E-state index >= 15 is 0 Å². The summed E-state index contributed by atoms with van der Waals surface area (Å²) in [5, 5.41) is 17.5. The first-order valence-electron chi connectivity index (χ1n) is 7.18. The van der Waals surface area contributed by atoms with Crippen LogP contribution >= 0.6 is 0 Å². The monoisotopic (exact) mass is 377 g/mol. The minimum Gasteiger partial charge on any atom is -0.495 e. The molecule has 2 aromatic carbocycles. The highest BCUT2D eigenvalue weighted by atomic mass is 32.2. The number of carboxylic acid groups (broad SMARTS) is 2. The zero-order valence-corrected chi connectivity index (χ0v) is 14.4. The lowest BCUT2D eigenvalue weighted by atomic mass is 10.2. The van der Waals surface area contributed by atoms with E-state index in [1.165, 1.54) is 55.7 Å². The van der Waals surface area contributed by atoms with Gasteiger partial charge in [0.15, 0.2) is 0 Å². The van der Waals surface area contributed by atoms with Gasteiger partial charge in [-0.3, -0.25) is 4.72 Å². The molecule has 0 amide bonds. The van der Waals surface area contributed by atoms with Gasteiger partial charge in [-0.1, -0.05) is 6.07 Å². The van der Waals surface area contributed by atoms with Crippen molar-refractivity contribution in [2.45, 2.75) is 4.90 Å². The van der Waals surface area contributed by atoms with Crippen LogP contribution in [0.4, 0.5) is 5.69 Å². The first-order valence-corrected chi connectivity index (χ1v) is 8.66. The number of aliphatic carboxylic acids is 1. The number of hydrogen-bond acceptors (Lipinski definition) is 5. The van der Waals surface area contributed by atoms with Crippen LogP contribution < -0.4 is 9.46 Å². The number of ether oxygens (including phenoxy) is 1. The summed E-state index contributed by atoms with van der Waals surface area (Å²) in [7, 11) is -2.71. The van der Waals surface area contributed by atoms with Gasteiger partial charge in [-0.15, -0.1) is 0 Å². The summed E-state index contributed by atoms with van der Waals surface area (Å²) in [6, 6.07) is 9.32. The van der Waals surface area contributed by atoms with Crippen LogP contribution in [0.5, 0.6) is 5.75 Å². The molecule has 3 N–H and O–H groups in total. The van der Waals surface area contributed by atoms with Gasteiger partial charge in [0.25, 0.3) is 10.0 Å². The van der Waals surface area contributed by atoms with E-state index in [0.717, 1.165) is 6.08 Å². The molecule has 0 radical (unpaired) electrons. The molecule has 0 saturated heterocycles. The van der Waals surface area contributed by atoms with E-state index in [0.29, 0.717) is 5.56 Å². The summed E-state index contributed by atoms with van der Waals surface area (Å²) in [5.41, 5.74) is 0.668. The Hall–Kier alpha value is -3.33. The molecular formula is C17H15NO7S. The van der Waals surface area contributed by atoms with Crippen molar-refractivity contribution in [3.8, 4) is 5.75 Å². The maximum absolute atomic E-state index is 12.6. The highest BCUT2D eigenvalue weighted by Gasteiger charge is 2.20. The number of methoxy groups -OCH3 is 1. The van der Waals surface area contributed by atoms with Gasteiger partial charge in [0.1, 0.15) is 10.6 Å².